The first-order chi connectivity index (χ1) is 7.31. The van der Waals surface area contributed by atoms with E-state index in [4.69, 9.17) is 10.5 Å². The van der Waals surface area contributed by atoms with Gasteiger partial charge in [-0.2, -0.15) is 5.10 Å². The molecule has 0 unspecified atom stereocenters. The smallest absolute Gasteiger partial charge is 0.145 e. The average molecular weight is 203 g/mol. The van der Waals surface area contributed by atoms with Crippen LogP contribution in [0.1, 0.15) is 5.56 Å². The lowest BCUT2D eigenvalue weighted by Crippen LogP contribution is -2.01. The number of nitrogens with two attached hydrogens (primary N) is 1. The van der Waals surface area contributed by atoms with Gasteiger partial charge in [-0.15, -0.1) is 0 Å². The first-order valence-electron chi connectivity index (χ1n) is 4.69. The van der Waals surface area contributed by atoms with Crippen molar-refractivity contribution in [3.05, 3.63) is 42.1 Å². The molecule has 0 amide bonds. The fraction of sp³-hybridized carbons (Fsp3) is 0.182. The summed E-state index contributed by atoms with van der Waals surface area (Å²) in [7, 11) is 1.67. The Bertz CT molecular complexity index is 451. The van der Waals surface area contributed by atoms with Crippen LogP contribution in [0.3, 0.4) is 0 Å². The Labute approximate surface area is 88.3 Å². The second-order valence-electron chi connectivity index (χ2n) is 3.25. The minimum atomic E-state index is 0.516. The molecule has 2 rings (SSSR count). The molecule has 1 heterocycles. The van der Waals surface area contributed by atoms with Crippen LogP contribution < -0.4 is 5.73 Å². The largest absolute Gasteiger partial charge is 0.382 e. The van der Waals surface area contributed by atoms with Crippen molar-refractivity contribution in [2.75, 3.05) is 12.8 Å². The number of benzene rings is 1. The third-order valence-corrected chi connectivity index (χ3v) is 2.15. The molecular weight excluding hydrogens is 190 g/mol. The normalized spacial score (nSPS) is 10.5. The second-order valence-corrected chi connectivity index (χ2v) is 3.25. The molecule has 0 fully saturated rings. The average Bonchev–Trinajstić information content (AvgIpc) is 2.66. The zero-order valence-electron chi connectivity index (χ0n) is 8.55. The van der Waals surface area contributed by atoms with Gasteiger partial charge in [0.2, 0.25) is 0 Å². The van der Waals surface area contributed by atoms with E-state index in [2.05, 4.69) is 5.10 Å². The van der Waals surface area contributed by atoms with Gasteiger partial charge in [0.1, 0.15) is 5.82 Å². The lowest BCUT2D eigenvalue weighted by Gasteiger charge is -2.07. The molecule has 2 aromatic rings. The van der Waals surface area contributed by atoms with Gasteiger partial charge in [0.05, 0.1) is 12.3 Å². The molecular formula is C11H13N3O. The van der Waals surface area contributed by atoms with Gasteiger partial charge in [-0.25, -0.2) is 4.68 Å². The Kier molecular flexibility index (Phi) is 2.69. The highest BCUT2D eigenvalue weighted by Crippen LogP contribution is 2.15. The van der Waals surface area contributed by atoms with Gasteiger partial charge in [-0.05, 0) is 6.07 Å². The third kappa shape index (κ3) is 1.99. The minimum Gasteiger partial charge on any atom is -0.382 e. The van der Waals surface area contributed by atoms with Crippen molar-refractivity contribution in [1.82, 2.24) is 9.78 Å². The number of hydrogen-bond donors (Lipinski definition) is 1. The van der Waals surface area contributed by atoms with Crippen molar-refractivity contribution in [2.45, 2.75) is 6.61 Å². The van der Waals surface area contributed by atoms with Gasteiger partial charge in [-0.3, -0.25) is 0 Å². The molecule has 0 bridgehead atoms. The fourth-order valence-electron chi connectivity index (χ4n) is 1.48. The van der Waals surface area contributed by atoms with E-state index >= 15 is 0 Å². The molecule has 2 N–H and O–H groups in total. The quantitative estimate of drug-likeness (QED) is 0.824. The Hall–Kier alpha value is -1.81. The van der Waals surface area contributed by atoms with Crippen LogP contribution in [0.15, 0.2) is 36.5 Å². The number of rotatable bonds is 3. The van der Waals surface area contributed by atoms with Crippen LogP contribution in [0.5, 0.6) is 0 Å². The molecule has 0 saturated carbocycles. The Morgan fingerprint density at radius 2 is 2.13 bits per heavy atom. The van der Waals surface area contributed by atoms with E-state index in [1.165, 1.54) is 0 Å². The molecule has 4 nitrogen and oxygen atoms in total. The maximum absolute atomic E-state index is 5.58. The van der Waals surface area contributed by atoms with Crippen LogP contribution in [-0.2, 0) is 11.3 Å². The van der Waals surface area contributed by atoms with Gasteiger partial charge < -0.3 is 10.5 Å². The number of nitrogens with zero attached hydrogens (tertiary/aromatic N) is 2. The standard InChI is InChI=1S/C11H13N3O/c1-15-8-9-4-2-3-5-10(9)14-7-6-11(12)13-14/h2-7H,8H2,1H3,(H2,12,13). The van der Waals surface area contributed by atoms with Crippen LogP contribution in [0.4, 0.5) is 5.82 Å². The second kappa shape index (κ2) is 4.14. The SMILES string of the molecule is COCc1ccccc1-n1ccc(N)n1. The number of para-hydroxylation sites is 1. The minimum absolute atomic E-state index is 0.516. The fourth-order valence-corrected chi connectivity index (χ4v) is 1.48. The van der Waals surface area contributed by atoms with Crippen molar-refractivity contribution in [3.63, 3.8) is 0 Å². The van der Waals surface area contributed by atoms with Crippen LogP contribution in [0.25, 0.3) is 5.69 Å². The summed E-state index contributed by atoms with van der Waals surface area (Å²) in [6.45, 7) is 0.565. The number of hydrogen-bond acceptors (Lipinski definition) is 3. The van der Waals surface area contributed by atoms with E-state index in [-0.39, 0.29) is 0 Å². The van der Waals surface area contributed by atoms with Crippen LogP contribution >= 0.6 is 0 Å². The van der Waals surface area contributed by atoms with Gasteiger partial charge in [0, 0.05) is 24.9 Å². The Balaban J connectivity index is 2.42. The van der Waals surface area contributed by atoms with E-state index in [1.807, 2.05) is 30.5 Å². The van der Waals surface area contributed by atoms with Crippen molar-refractivity contribution in [3.8, 4) is 5.69 Å². The number of methoxy groups -OCH3 is 1. The van der Waals surface area contributed by atoms with E-state index in [0.717, 1.165) is 11.3 Å². The summed E-state index contributed by atoms with van der Waals surface area (Å²) in [4.78, 5) is 0. The molecule has 0 radical (unpaired) electrons. The first-order valence-corrected chi connectivity index (χ1v) is 4.69. The maximum Gasteiger partial charge on any atom is 0.145 e. The molecule has 0 spiro atoms. The van der Waals surface area contributed by atoms with E-state index in [9.17, 15) is 0 Å². The van der Waals surface area contributed by atoms with E-state index in [1.54, 1.807) is 17.9 Å². The summed E-state index contributed by atoms with van der Waals surface area (Å²) in [5.74, 6) is 0.516. The third-order valence-electron chi connectivity index (χ3n) is 2.15. The van der Waals surface area contributed by atoms with Gasteiger partial charge >= 0.3 is 0 Å². The number of nitrogen functional groups attached to an aromatic ring is 1. The molecule has 0 saturated heterocycles. The monoisotopic (exact) mass is 203 g/mol. The maximum atomic E-state index is 5.58. The van der Waals surface area contributed by atoms with Crippen LogP contribution in [0, 0.1) is 0 Å². The van der Waals surface area contributed by atoms with Gasteiger partial charge in [0.15, 0.2) is 0 Å². The molecule has 0 atom stereocenters. The lowest BCUT2D eigenvalue weighted by molar-refractivity contribution is 0.184. The molecule has 15 heavy (non-hydrogen) atoms. The predicted octanol–water partition coefficient (Wildman–Crippen LogP) is 1.60. The summed E-state index contributed by atoms with van der Waals surface area (Å²) < 4.78 is 6.88. The lowest BCUT2D eigenvalue weighted by atomic mass is 10.2. The molecule has 0 aliphatic heterocycles. The number of ether oxygens (including phenoxy) is 1. The molecule has 1 aromatic carbocycles. The summed E-state index contributed by atoms with van der Waals surface area (Å²) in [6.07, 6.45) is 1.84. The highest BCUT2D eigenvalue weighted by Gasteiger charge is 2.04. The highest BCUT2D eigenvalue weighted by atomic mass is 16.5. The zero-order valence-corrected chi connectivity index (χ0v) is 8.55. The molecule has 0 aliphatic rings. The van der Waals surface area contributed by atoms with Crippen LogP contribution in [-0.4, -0.2) is 16.9 Å². The van der Waals surface area contributed by atoms with Gasteiger partial charge in [-0.1, -0.05) is 18.2 Å². The topological polar surface area (TPSA) is 53.1 Å². The van der Waals surface area contributed by atoms with Crippen LogP contribution in [0.2, 0.25) is 0 Å². The highest BCUT2D eigenvalue weighted by molar-refractivity contribution is 5.41. The Morgan fingerprint density at radius 3 is 2.80 bits per heavy atom. The Morgan fingerprint density at radius 1 is 1.33 bits per heavy atom. The van der Waals surface area contributed by atoms with Crippen molar-refractivity contribution in [1.29, 1.82) is 0 Å². The molecule has 1 aromatic heterocycles. The zero-order chi connectivity index (χ0) is 10.7. The number of aromatic nitrogens is 2. The van der Waals surface area contributed by atoms with Crippen molar-refractivity contribution < 1.29 is 4.74 Å². The summed E-state index contributed by atoms with van der Waals surface area (Å²) in [5, 5.41) is 4.16. The van der Waals surface area contributed by atoms with Crippen molar-refractivity contribution >= 4 is 5.82 Å². The summed E-state index contributed by atoms with van der Waals surface area (Å²) >= 11 is 0. The molecule has 4 heteroatoms. The van der Waals surface area contributed by atoms with E-state index < -0.39 is 0 Å². The number of anilines is 1. The molecule has 78 valence electrons. The first kappa shape index (κ1) is 9.73. The predicted molar refractivity (Wildman–Crippen MR) is 58.7 cm³/mol. The van der Waals surface area contributed by atoms with Gasteiger partial charge in [0.25, 0.3) is 0 Å². The van der Waals surface area contributed by atoms with Crippen molar-refractivity contribution in [2.24, 2.45) is 0 Å². The summed E-state index contributed by atoms with van der Waals surface area (Å²) in [5.41, 5.74) is 7.66. The molecule has 0 aliphatic carbocycles. The summed E-state index contributed by atoms with van der Waals surface area (Å²) in [6, 6.07) is 9.71. The van der Waals surface area contributed by atoms with E-state index in [0.29, 0.717) is 12.4 Å².